The van der Waals surface area contributed by atoms with Gasteiger partial charge in [-0.1, -0.05) is 13.3 Å². The van der Waals surface area contributed by atoms with Gasteiger partial charge in [0.2, 0.25) is 5.91 Å². The number of unbranched alkanes of at least 4 members (excludes halogenated alkanes) is 1. The fraction of sp³-hybridized carbons (Fsp3) is 0.375. The lowest BCUT2D eigenvalue weighted by molar-refractivity contribution is -0.117. The van der Waals surface area contributed by atoms with Gasteiger partial charge in [-0.3, -0.25) is 4.79 Å². The average molecular weight is 287 g/mol. The third-order valence-electron chi connectivity index (χ3n) is 3.22. The fourth-order valence-electron chi connectivity index (χ4n) is 2.01. The predicted octanol–water partition coefficient (Wildman–Crippen LogP) is 2.59. The Balaban J connectivity index is 2.09. The SMILES string of the molecule is CCCCOc1ccc(-c2nc(CC(N)=O)c(C)[nH]2)cc1. The molecule has 3 N–H and O–H groups in total. The molecule has 1 aromatic carbocycles. The molecule has 1 amide bonds. The van der Waals surface area contributed by atoms with Crippen molar-refractivity contribution in [2.45, 2.75) is 33.1 Å². The van der Waals surface area contributed by atoms with Gasteiger partial charge in [-0.25, -0.2) is 4.98 Å². The van der Waals surface area contributed by atoms with E-state index < -0.39 is 0 Å². The molecular weight excluding hydrogens is 266 g/mol. The molecule has 0 bridgehead atoms. The van der Waals surface area contributed by atoms with E-state index in [1.165, 1.54) is 0 Å². The van der Waals surface area contributed by atoms with Gasteiger partial charge in [-0.05, 0) is 37.6 Å². The minimum Gasteiger partial charge on any atom is -0.494 e. The molecular formula is C16H21N3O2. The summed E-state index contributed by atoms with van der Waals surface area (Å²) in [6.45, 7) is 4.75. The zero-order valence-corrected chi connectivity index (χ0v) is 12.5. The average Bonchev–Trinajstić information content (AvgIpc) is 2.80. The van der Waals surface area contributed by atoms with Crippen molar-refractivity contribution in [2.24, 2.45) is 5.73 Å². The van der Waals surface area contributed by atoms with Crippen molar-refractivity contribution in [2.75, 3.05) is 6.61 Å². The van der Waals surface area contributed by atoms with Crippen LogP contribution >= 0.6 is 0 Å². The maximum Gasteiger partial charge on any atom is 0.223 e. The normalized spacial score (nSPS) is 10.6. The Hall–Kier alpha value is -2.30. The zero-order chi connectivity index (χ0) is 15.2. The van der Waals surface area contributed by atoms with E-state index in [9.17, 15) is 4.79 Å². The first-order chi connectivity index (χ1) is 10.1. The van der Waals surface area contributed by atoms with Gasteiger partial charge in [0.1, 0.15) is 11.6 Å². The summed E-state index contributed by atoms with van der Waals surface area (Å²) in [6.07, 6.45) is 2.32. The lowest BCUT2D eigenvalue weighted by Crippen LogP contribution is -2.14. The second kappa shape index (κ2) is 6.92. The smallest absolute Gasteiger partial charge is 0.223 e. The van der Waals surface area contributed by atoms with Gasteiger partial charge in [0, 0.05) is 11.3 Å². The van der Waals surface area contributed by atoms with Gasteiger partial charge >= 0.3 is 0 Å². The summed E-state index contributed by atoms with van der Waals surface area (Å²) in [7, 11) is 0. The molecule has 1 heterocycles. The number of rotatable bonds is 7. The number of aryl methyl sites for hydroxylation is 1. The summed E-state index contributed by atoms with van der Waals surface area (Å²) in [5, 5.41) is 0. The Kier molecular flexibility index (Phi) is 4.98. The summed E-state index contributed by atoms with van der Waals surface area (Å²) >= 11 is 0. The number of imidazole rings is 1. The molecule has 0 saturated heterocycles. The summed E-state index contributed by atoms with van der Waals surface area (Å²) in [5.74, 6) is 1.22. The van der Waals surface area contributed by atoms with Crippen LogP contribution in [0.2, 0.25) is 0 Å². The van der Waals surface area contributed by atoms with Crippen molar-refractivity contribution >= 4 is 5.91 Å². The predicted molar refractivity (Wildman–Crippen MR) is 82.1 cm³/mol. The quantitative estimate of drug-likeness (QED) is 0.768. The van der Waals surface area contributed by atoms with Crippen molar-refractivity contribution in [1.29, 1.82) is 0 Å². The van der Waals surface area contributed by atoms with Gasteiger partial charge < -0.3 is 15.5 Å². The summed E-state index contributed by atoms with van der Waals surface area (Å²) < 4.78 is 5.63. The van der Waals surface area contributed by atoms with Crippen LogP contribution in [0.5, 0.6) is 5.75 Å². The molecule has 21 heavy (non-hydrogen) atoms. The summed E-state index contributed by atoms with van der Waals surface area (Å²) in [5.41, 5.74) is 7.73. The maximum absolute atomic E-state index is 11.0. The van der Waals surface area contributed by atoms with E-state index in [4.69, 9.17) is 10.5 Å². The van der Waals surface area contributed by atoms with Crippen molar-refractivity contribution in [3.05, 3.63) is 35.7 Å². The summed E-state index contributed by atoms with van der Waals surface area (Å²) in [4.78, 5) is 18.6. The Bertz CT molecular complexity index is 602. The Morgan fingerprint density at radius 1 is 1.33 bits per heavy atom. The molecule has 0 aliphatic carbocycles. The van der Waals surface area contributed by atoms with Gasteiger partial charge in [0.15, 0.2) is 0 Å². The highest BCUT2D eigenvalue weighted by Gasteiger charge is 2.10. The number of primary amides is 1. The highest BCUT2D eigenvalue weighted by Crippen LogP contribution is 2.21. The first-order valence-electron chi connectivity index (χ1n) is 7.17. The lowest BCUT2D eigenvalue weighted by Gasteiger charge is -2.05. The summed E-state index contributed by atoms with van der Waals surface area (Å²) in [6, 6.07) is 7.76. The van der Waals surface area contributed by atoms with Gasteiger partial charge in [0.25, 0.3) is 0 Å². The number of aromatic nitrogens is 2. The molecule has 0 spiro atoms. The molecule has 1 aromatic heterocycles. The number of nitrogens with one attached hydrogen (secondary N) is 1. The third-order valence-corrected chi connectivity index (χ3v) is 3.22. The van der Waals surface area contributed by atoms with E-state index in [-0.39, 0.29) is 12.3 Å². The first-order valence-corrected chi connectivity index (χ1v) is 7.17. The number of nitrogens with two attached hydrogens (primary N) is 1. The Labute approximate surface area is 124 Å². The van der Waals surface area contributed by atoms with Gasteiger partial charge in [-0.2, -0.15) is 0 Å². The third kappa shape index (κ3) is 4.08. The minimum absolute atomic E-state index is 0.153. The molecule has 5 heteroatoms. The lowest BCUT2D eigenvalue weighted by atomic mass is 10.2. The van der Waals surface area contributed by atoms with E-state index in [0.29, 0.717) is 5.69 Å². The highest BCUT2D eigenvalue weighted by molar-refractivity contribution is 5.76. The molecule has 0 unspecified atom stereocenters. The Morgan fingerprint density at radius 2 is 2.05 bits per heavy atom. The molecule has 0 aliphatic heterocycles. The minimum atomic E-state index is -0.379. The maximum atomic E-state index is 11.0. The number of ether oxygens (including phenoxy) is 1. The van der Waals surface area contributed by atoms with Crippen LogP contribution in [0.15, 0.2) is 24.3 Å². The van der Waals surface area contributed by atoms with Gasteiger partial charge in [-0.15, -0.1) is 0 Å². The van der Waals surface area contributed by atoms with Crippen LogP contribution in [-0.4, -0.2) is 22.5 Å². The van der Waals surface area contributed by atoms with E-state index >= 15 is 0 Å². The second-order valence-corrected chi connectivity index (χ2v) is 5.03. The number of benzene rings is 1. The van der Waals surface area contributed by atoms with Crippen LogP contribution in [0, 0.1) is 6.92 Å². The van der Waals surface area contributed by atoms with Crippen LogP contribution in [0.3, 0.4) is 0 Å². The van der Waals surface area contributed by atoms with E-state index in [1.807, 2.05) is 31.2 Å². The van der Waals surface area contributed by atoms with E-state index in [0.717, 1.165) is 42.3 Å². The number of carbonyl (C=O) groups excluding carboxylic acids is 1. The monoisotopic (exact) mass is 287 g/mol. The number of aromatic amines is 1. The number of nitrogens with zero attached hydrogens (tertiary/aromatic N) is 1. The van der Waals surface area contributed by atoms with Gasteiger partial charge in [0.05, 0.1) is 18.7 Å². The van der Waals surface area contributed by atoms with Crippen LogP contribution < -0.4 is 10.5 Å². The number of amides is 1. The van der Waals surface area contributed by atoms with Crippen molar-refractivity contribution in [3.63, 3.8) is 0 Å². The standard InChI is InChI=1S/C16H21N3O2/c1-3-4-9-21-13-7-5-12(6-8-13)16-18-11(2)14(19-16)10-15(17)20/h5-8H,3-4,9-10H2,1-2H3,(H2,17,20)(H,18,19). The molecule has 0 aliphatic rings. The van der Waals surface area contributed by atoms with Crippen LogP contribution in [-0.2, 0) is 11.2 Å². The van der Waals surface area contributed by atoms with Crippen molar-refractivity contribution in [1.82, 2.24) is 9.97 Å². The highest BCUT2D eigenvalue weighted by atomic mass is 16.5. The van der Waals surface area contributed by atoms with Crippen molar-refractivity contribution < 1.29 is 9.53 Å². The van der Waals surface area contributed by atoms with Crippen LogP contribution in [0.25, 0.3) is 11.4 Å². The molecule has 112 valence electrons. The fourth-order valence-corrected chi connectivity index (χ4v) is 2.01. The zero-order valence-electron chi connectivity index (χ0n) is 12.5. The first kappa shape index (κ1) is 15.1. The number of carbonyl (C=O) groups is 1. The molecule has 0 atom stereocenters. The Morgan fingerprint density at radius 3 is 2.67 bits per heavy atom. The number of hydrogen-bond acceptors (Lipinski definition) is 3. The number of H-pyrrole nitrogens is 1. The largest absolute Gasteiger partial charge is 0.494 e. The van der Waals surface area contributed by atoms with Crippen LogP contribution in [0.4, 0.5) is 0 Å². The molecule has 2 aromatic rings. The van der Waals surface area contributed by atoms with E-state index in [2.05, 4.69) is 16.9 Å². The molecule has 0 fully saturated rings. The second-order valence-electron chi connectivity index (χ2n) is 5.03. The number of hydrogen-bond donors (Lipinski definition) is 2. The molecule has 0 radical (unpaired) electrons. The topological polar surface area (TPSA) is 81.0 Å². The van der Waals surface area contributed by atoms with Crippen molar-refractivity contribution in [3.8, 4) is 17.1 Å². The molecule has 2 rings (SSSR count). The van der Waals surface area contributed by atoms with Crippen LogP contribution in [0.1, 0.15) is 31.2 Å². The molecule has 5 nitrogen and oxygen atoms in total. The molecule has 0 saturated carbocycles. The van der Waals surface area contributed by atoms with E-state index in [1.54, 1.807) is 0 Å².